The smallest absolute Gasteiger partial charge is 0.318 e. The van der Waals surface area contributed by atoms with E-state index in [1.807, 2.05) is 7.05 Å². The van der Waals surface area contributed by atoms with Gasteiger partial charge >= 0.3 is 6.01 Å². The number of hydrogen-bond donors (Lipinski definition) is 1. The SMILES string of the molecule is COc1nc(N)c2c(n1)C(C)N(C)C2. The van der Waals surface area contributed by atoms with Crippen LogP contribution >= 0.6 is 0 Å². The first-order valence-electron chi connectivity index (χ1n) is 4.54. The maximum Gasteiger partial charge on any atom is 0.318 e. The number of anilines is 1. The number of nitrogen functional groups attached to an aromatic ring is 1. The van der Waals surface area contributed by atoms with Crippen LogP contribution in [0.3, 0.4) is 0 Å². The van der Waals surface area contributed by atoms with E-state index >= 15 is 0 Å². The minimum Gasteiger partial charge on any atom is -0.467 e. The van der Waals surface area contributed by atoms with Gasteiger partial charge in [-0.05, 0) is 14.0 Å². The van der Waals surface area contributed by atoms with E-state index in [0.717, 1.165) is 17.8 Å². The minimum atomic E-state index is 0.282. The minimum absolute atomic E-state index is 0.282. The van der Waals surface area contributed by atoms with Crippen molar-refractivity contribution in [3.8, 4) is 6.01 Å². The molecule has 0 amide bonds. The predicted molar refractivity (Wildman–Crippen MR) is 52.9 cm³/mol. The second-order valence-electron chi connectivity index (χ2n) is 3.55. The van der Waals surface area contributed by atoms with Crippen molar-refractivity contribution in [1.29, 1.82) is 0 Å². The van der Waals surface area contributed by atoms with Crippen LogP contribution in [0.2, 0.25) is 0 Å². The number of fused-ring (bicyclic) bond motifs is 1. The molecule has 5 nitrogen and oxygen atoms in total. The number of methoxy groups -OCH3 is 1. The first-order valence-corrected chi connectivity index (χ1v) is 4.54. The van der Waals surface area contributed by atoms with Gasteiger partial charge in [0.15, 0.2) is 0 Å². The van der Waals surface area contributed by atoms with Crippen molar-refractivity contribution in [1.82, 2.24) is 14.9 Å². The monoisotopic (exact) mass is 194 g/mol. The van der Waals surface area contributed by atoms with E-state index in [1.165, 1.54) is 0 Å². The third kappa shape index (κ3) is 1.21. The highest BCUT2D eigenvalue weighted by molar-refractivity contribution is 5.46. The Labute approximate surface area is 82.9 Å². The van der Waals surface area contributed by atoms with E-state index in [-0.39, 0.29) is 6.04 Å². The van der Waals surface area contributed by atoms with Crippen molar-refractivity contribution in [2.45, 2.75) is 19.5 Å². The van der Waals surface area contributed by atoms with Gasteiger partial charge < -0.3 is 10.5 Å². The molecule has 1 unspecified atom stereocenters. The molecule has 1 aromatic heterocycles. The molecule has 0 radical (unpaired) electrons. The molecule has 14 heavy (non-hydrogen) atoms. The summed E-state index contributed by atoms with van der Waals surface area (Å²) in [4.78, 5) is 10.5. The Hall–Kier alpha value is -1.36. The summed E-state index contributed by atoms with van der Waals surface area (Å²) in [6, 6.07) is 0.632. The van der Waals surface area contributed by atoms with Gasteiger partial charge in [-0.15, -0.1) is 0 Å². The summed E-state index contributed by atoms with van der Waals surface area (Å²) in [6.07, 6.45) is 0. The highest BCUT2D eigenvalue weighted by Gasteiger charge is 2.28. The lowest BCUT2D eigenvalue weighted by Gasteiger charge is -2.13. The van der Waals surface area contributed by atoms with Crippen molar-refractivity contribution in [3.63, 3.8) is 0 Å². The van der Waals surface area contributed by atoms with E-state index in [4.69, 9.17) is 10.5 Å². The molecule has 0 saturated heterocycles. The molecule has 5 heteroatoms. The standard InChI is InChI=1S/C9H14N4O/c1-5-7-6(4-13(5)2)8(10)12-9(11-7)14-3/h5H,4H2,1-3H3,(H2,10,11,12). The number of aromatic nitrogens is 2. The van der Waals surface area contributed by atoms with Gasteiger partial charge in [-0.3, -0.25) is 4.90 Å². The predicted octanol–water partition coefficient (Wildman–Crippen LogP) is 0.574. The average Bonchev–Trinajstić information content (AvgIpc) is 2.45. The summed E-state index contributed by atoms with van der Waals surface area (Å²) in [5.74, 6) is 0.531. The van der Waals surface area contributed by atoms with Crippen molar-refractivity contribution >= 4 is 5.82 Å². The summed E-state index contributed by atoms with van der Waals surface area (Å²) < 4.78 is 4.98. The normalized spacial score (nSPS) is 20.9. The number of hydrogen-bond acceptors (Lipinski definition) is 5. The molecule has 0 bridgehead atoms. The fourth-order valence-electron chi connectivity index (χ4n) is 1.69. The van der Waals surface area contributed by atoms with Crippen molar-refractivity contribution in [2.24, 2.45) is 0 Å². The van der Waals surface area contributed by atoms with Crippen LogP contribution in [-0.4, -0.2) is 29.0 Å². The van der Waals surface area contributed by atoms with Crippen LogP contribution in [0.5, 0.6) is 6.01 Å². The van der Waals surface area contributed by atoms with Crippen LogP contribution < -0.4 is 10.5 Å². The van der Waals surface area contributed by atoms with E-state index in [9.17, 15) is 0 Å². The Morgan fingerprint density at radius 3 is 2.86 bits per heavy atom. The van der Waals surface area contributed by atoms with Crippen LogP contribution in [-0.2, 0) is 6.54 Å². The summed E-state index contributed by atoms with van der Waals surface area (Å²) >= 11 is 0. The summed E-state index contributed by atoms with van der Waals surface area (Å²) in [6.45, 7) is 2.91. The van der Waals surface area contributed by atoms with Gasteiger partial charge in [-0.1, -0.05) is 0 Å². The largest absolute Gasteiger partial charge is 0.467 e. The molecule has 1 aliphatic rings. The lowest BCUT2D eigenvalue weighted by atomic mass is 10.2. The Balaban J connectivity index is 2.52. The zero-order chi connectivity index (χ0) is 10.3. The van der Waals surface area contributed by atoms with Gasteiger partial charge in [-0.2, -0.15) is 9.97 Å². The van der Waals surface area contributed by atoms with Crippen LogP contribution in [0.15, 0.2) is 0 Å². The third-order valence-electron chi connectivity index (χ3n) is 2.70. The maximum atomic E-state index is 5.81. The molecule has 0 spiro atoms. The number of nitrogens with two attached hydrogens (primary N) is 1. The second-order valence-corrected chi connectivity index (χ2v) is 3.55. The Morgan fingerprint density at radius 2 is 2.21 bits per heavy atom. The molecule has 76 valence electrons. The van der Waals surface area contributed by atoms with Crippen LogP contribution in [0.1, 0.15) is 24.2 Å². The molecular formula is C9H14N4O. The van der Waals surface area contributed by atoms with E-state index in [2.05, 4.69) is 21.8 Å². The number of ether oxygens (including phenoxy) is 1. The first-order chi connectivity index (χ1) is 6.63. The summed E-state index contributed by atoms with van der Waals surface area (Å²) in [7, 11) is 3.59. The lowest BCUT2D eigenvalue weighted by Crippen LogP contribution is -2.13. The van der Waals surface area contributed by atoms with Crippen LogP contribution in [0.4, 0.5) is 5.82 Å². The molecule has 1 aromatic rings. The molecule has 0 aliphatic carbocycles. The van der Waals surface area contributed by atoms with Gasteiger partial charge in [0, 0.05) is 18.2 Å². The van der Waals surface area contributed by atoms with Gasteiger partial charge in [0.25, 0.3) is 0 Å². The van der Waals surface area contributed by atoms with Crippen LogP contribution in [0.25, 0.3) is 0 Å². The molecule has 0 saturated carbocycles. The second kappa shape index (κ2) is 3.09. The van der Waals surface area contributed by atoms with Gasteiger partial charge in [-0.25, -0.2) is 0 Å². The Kier molecular flexibility index (Phi) is 2.03. The zero-order valence-electron chi connectivity index (χ0n) is 8.61. The molecule has 0 aromatic carbocycles. The quantitative estimate of drug-likeness (QED) is 0.708. The molecule has 2 heterocycles. The number of nitrogens with zero attached hydrogens (tertiary/aromatic N) is 3. The topological polar surface area (TPSA) is 64.3 Å². The third-order valence-corrected chi connectivity index (χ3v) is 2.70. The zero-order valence-corrected chi connectivity index (χ0v) is 8.61. The van der Waals surface area contributed by atoms with E-state index in [1.54, 1.807) is 7.11 Å². The van der Waals surface area contributed by atoms with Crippen molar-refractivity contribution < 1.29 is 4.74 Å². The Bertz CT molecular complexity index is 366. The van der Waals surface area contributed by atoms with Gasteiger partial charge in [0.2, 0.25) is 0 Å². The first kappa shape index (κ1) is 9.21. The molecule has 1 atom stereocenters. The molecular weight excluding hydrogens is 180 g/mol. The lowest BCUT2D eigenvalue weighted by molar-refractivity contribution is 0.282. The van der Waals surface area contributed by atoms with E-state index < -0.39 is 0 Å². The summed E-state index contributed by atoms with van der Waals surface area (Å²) in [5, 5.41) is 0. The molecule has 2 rings (SSSR count). The van der Waals surface area contributed by atoms with Crippen LogP contribution in [0, 0.1) is 0 Å². The van der Waals surface area contributed by atoms with Crippen molar-refractivity contribution in [3.05, 3.63) is 11.3 Å². The molecule has 1 aliphatic heterocycles. The highest BCUT2D eigenvalue weighted by Crippen LogP contribution is 2.33. The van der Waals surface area contributed by atoms with Crippen molar-refractivity contribution in [2.75, 3.05) is 19.9 Å². The summed E-state index contributed by atoms with van der Waals surface area (Å²) in [5.41, 5.74) is 7.83. The van der Waals surface area contributed by atoms with Gasteiger partial charge in [0.1, 0.15) is 5.82 Å². The highest BCUT2D eigenvalue weighted by atomic mass is 16.5. The molecule has 2 N–H and O–H groups in total. The Morgan fingerprint density at radius 1 is 1.50 bits per heavy atom. The van der Waals surface area contributed by atoms with E-state index in [0.29, 0.717) is 11.8 Å². The maximum absolute atomic E-state index is 5.81. The number of rotatable bonds is 1. The fourth-order valence-corrected chi connectivity index (χ4v) is 1.69. The average molecular weight is 194 g/mol. The molecule has 0 fully saturated rings. The van der Waals surface area contributed by atoms with Gasteiger partial charge in [0.05, 0.1) is 12.8 Å². The fraction of sp³-hybridized carbons (Fsp3) is 0.556.